The zero-order valence-corrected chi connectivity index (χ0v) is 14.9. The molecule has 0 aliphatic heterocycles. The summed E-state index contributed by atoms with van der Waals surface area (Å²) in [6, 6.07) is 14.4. The molecule has 1 saturated carbocycles. The Kier molecular flexibility index (Phi) is 4.45. The predicted octanol–water partition coefficient (Wildman–Crippen LogP) is 5.14. The largest absolute Gasteiger partial charge is 0.472 e. The van der Waals surface area contributed by atoms with Crippen molar-refractivity contribution in [1.29, 1.82) is 0 Å². The topological polar surface area (TPSA) is 42.2 Å². The molecule has 128 valence electrons. The molecule has 0 saturated heterocycles. The van der Waals surface area contributed by atoms with Gasteiger partial charge >= 0.3 is 0 Å². The van der Waals surface area contributed by atoms with Gasteiger partial charge in [-0.15, -0.1) is 11.3 Å². The molecule has 1 fully saturated rings. The molecule has 1 aromatic carbocycles. The van der Waals surface area contributed by atoms with Gasteiger partial charge in [-0.1, -0.05) is 43.2 Å². The fourth-order valence-electron chi connectivity index (χ4n) is 3.71. The number of hydrogen-bond acceptors (Lipinski definition) is 3. The molecule has 0 bridgehead atoms. The van der Waals surface area contributed by atoms with Gasteiger partial charge in [-0.05, 0) is 41.5 Å². The third kappa shape index (κ3) is 3.14. The van der Waals surface area contributed by atoms with Crippen LogP contribution < -0.4 is 5.32 Å². The lowest BCUT2D eigenvalue weighted by Crippen LogP contribution is -2.41. The normalized spacial score (nSPS) is 16.0. The van der Waals surface area contributed by atoms with Crippen LogP contribution >= 0.6 is 11.3 Å². The summed E-state index contributed by atoms with van der Waals surface area (Å²) < 4.78 is 5.13. The summed E-state index contributed by atoms with van der Waals surface area (Å²) in [6.07, 6.45) is 7.59. The number of carbonyl (C=O) groups is 1. The Labute approximate surface area is 151 Å². The highest BCUT2D eigenvalue weighted by atomic mass is 32.1. The van der Waals surface area contributed by atoms with Crippen LogP contribution in [0.5, 0.6) is 0 Å². The minimum Gasteiger partial charge on any atom is -0.472 e. The molecule has 0 atom stereocenters. The average molecular weight is 351 g/mol. The molecule has 0 radical (unpaired) electrons. The van der Waals surface area contributed by atoms with Gasteiger partial charge in [0.1, 0.15) is 0 Å². The molecule has 0 unspecified atom stereocenters. The number of thiophene rings is 1. The zero-order chi connectivity index (χ0) is 17.1. The summed E-state index contributed by atoms with van der Waals surface area (Å²) in [5.74, 6) is 0.173. The van der Waals surface area contributed by atoms with E-state index in [0.717, 1.165) is 42.4 Å². The minimum atomic E-state index is -0.315. The first-order chi connectivity index (χ1) is 12.3. The van der Waals surface area contributed by atoms with E-state index in [9.17, 15) is 4.79 Å². The number of benzene rings is 1. The van der Waals surface area contributed by atoms with Gasteiger partial charge in [0.2, 0.25) is 5.91 Å². The molecule has 3 nitrogen and oxygen atoms in total. The van der Waals surface area contributed by atoms with Crippen LogP contribution in [0, 0.1) is 0 Å². The van der Waals surface area contributed by atoms with E-state index in [0.29, 0.717) is 6.54 Å². The second-order valence-electron chi connectivity index (χ2n) is 6.66. The quantitative estimate of drug-likeness (QED) is 0.692. The van der Waals surface area contributed by atoms with Crippen molar-refractivity contribution in [2.75, 3.05) is 0 Å². The summed E-state index contributed by atoms with van der Waals surface area (Å²) >= 11 is 1.70. The first-order valence-corrected chi connectivity index (χ1v) is 9.60. The van der Waals surface area contributed by atoms with Gasteiger partial charge in [0, 0.05) is 17.0 Å². The Hall–Kier alpha value is -2.33. The Morgan fingerprint density at radius 1 is 1.08 bits per heavy atom. The van der Waals surface area contributed by atoms with Crippen molar-refractivity contribution in [1.82, 2.24) is 5.32 Å². The molecule has 3 aromatic rings. The molecular formula is C21H21NO2S. The summed E-state index contributed by atoms with van der Waals surface area (Å²) in [7, 11) is 0. The Morgan fingerprint density at radius 2 is 1.88 bits per heavy atom. The summed E-state index contributed by atoms with van der Waals surface area (Å²) in [6.45, 7) is 0.567. The van der Waals surface area contributed by atoms with Crippen LogP contribution in [-0.4, -0.2) is 5.91 Å². The molecule has 25 heavy (non-hydrogen) atoms. The molecule has 4 rings (SSSR count). The number of carbonyl (C=O) groups excluding carboxylic acids is 1. The van der Waals surface area contributed by atoms with Crippen LogP contribution in [0.2, 0.25) is 0 Å². The number of amides is 1. The van der Waals surface area contributed by atoms with E-state index in [-0.39, 0.29) is 11.3 Å². The second-order valence-corrected chi connectivity index (χ2v) is 7.61. The van der Waals surface area contributed by atoms with Crippen LogP contribution in [-0.2, 0) is 16.8 Å². The van der Waals surface area contributed by atoms with Crippen LogP contribution in [0.15, 0.2) is 64.8 Å². The lowest BCUT2D eigenvalue weighted by molar-refractivity contribution is -0.126. The average Bonchev–Trinajstić information content (AvgIpc) is 3.42. The van der Waals surface area contributed by atoms with Crippen molar-refractivity contribution >= 4 is 17.2 Å². The molecule has 1 N–H and O–H groups in total. The monoisotopic (exact) mass is 351 g/mol. The number of hydrogen-bond donors (Lipinski definition) is 1. The third-order valence-electron chi connectivity index (χ3n) is 5.15. The highest BCUT2D eigenvalue weighted by Crippen LogP contribution is 2.43. The Balaban J connectivity index is 1.44. The van der Waals surface area contributed by atoms with E-state index in [2.05, 4.69) is 41.0 Å². The molecule has 1 aliphatic rings. The van der Waals surface area contributed by atoms with E-state index in [1.807, 2.05) is 12.1 Å². The highest BCUT2D eigenvalue weighted by Gasteiger charge is 2.43. The van der Waals surface area contributed by atoms with Crippen LogP contribution in [0.1, 0.15) is 36.1 Å². The Bertz CT molecular complexity index is 813. The van der Waals surface area contributed by atoms with E-state index >= 15 is 0 Å². The van der Waals surface area contributed by atoms with Gasteiger partial charge in [-0.3, -0.25) is 4.79 Å². The van der Waals surface area contributed by atoms with Crippen molar-refractivity contribution < 1.29 is 9.21 Å². The van der Waals surface area contributed by atoms with E-state index < -0.39 is 0 Å². The standard InChI is InChI=1S/C21H21NO2S/c23-20(21(10-1-2-11-21)19-4-3-13-25-19)22-14-16-5-7-17(8-6-16)18-9-12-24-15-18/h3-9,12-13,15H,1-2,10-11,14H2,(H,22,23). The van der Waals surface area contributed by atoms with Crippen molar-refractivity contribution in [3.63, 3.8) is 0 Å². The van der Waals surface area contributed by atoms with E-state index in [4.69, 9.17) is 4.42 Å². The van der Waals surface area contributed by atoms with Crippen LogP contribution in [0.4, 0.5) is 0 Å². The molecule has 0 spiro atoms. The maximum absolute atomic E-state index is 13.0. The number of nitrogens with one attached hydrogen (secondary N) is 1. The third-order valence-corrected chi connectivity index (χ3v) is 6.22. The van der Waals surface area contributed by atoms with Gasteiger partial charge in [0.25, 0.3) is 0 Å². The Morgan fingerprint density at radius 3 is 2.52 bits per heavy atom. The van der Waals surface area contributed by atoms with Gasteiger partial charge in [0.15, 0.2) is 0 Å². The molecule has 1 amide bonds. The maximum atomic E-state index is 13.0. The number of rotatable bonds is 5. The van der Waals surface area contributed by atoms with E-state index in [1.54, 1.807) is 23.9 Å². The first kappa shape index (κ1) is 16.2. The fraction of sp³-hybridized carbons (Fsp3) is 0.286. The molecule has 2 aromatic heterocycles. The van der Waals surface area contributed by atoms with Gasteiger partial charge < -0.3 is 9.73 Å². The van der Waals surface area contributed by atoms with Crippen molar-refractivity contribution in [2.24, 2.45) is 0 Å². The molecule has 1 aliphatic carbocycles. The predicted molar refractivity (Wildman–Crippen MR) is 100 cm³/mol. The van der Waals surface area contributed by atoms with Crippen molar-refractivity contribution in [3.8, 4) is 11.1 Å². The lowest BCUT2D eigenvalue weighted by Gasteiger charge is -2.26. The SMILES string of the molecule is O=C(NCc1ccc(-c2ccoc2)cc1)C1(c2cccs2)CCCC1. The fourth-order valence-corrected chi connectivity index (χ4v) is 4.69. The summed E-state index contributed by atoms with van der Waals surface area (Å²) in [5.41, 5.74) is 2.98. The number of furan rings is 1. The lowest BCUT2D eigenvalue weighted by atomic mass is 9.83. The first-order valence-electron chi connectivity index (χ1n) is 8.72. The van der Waals surface area contributed by atoms with Gasteiger partial charge in [-0.2, -0.15) is 0 Å². The van der Waals surface area contributed by atoms with Crippen molar-refractivity contribution in [3.05, 3.63) is 70.8 Å². The minimum absolute atomic E-state index is 0.173. The van der Waals surface area contributed by atoms with Crippen molar-refractivity contribution in [2.45, 2.75) is 37.6 Å². The van der Waals surface area contributed by atoms with Gasteiger partial charge in [-0.25, -0.2) is 0 Å². The zero-order valence-electron chi connectivity index (χ0n) is 14.0. The maximum Gasteiger partial charge on any atom is 0.231 e. The smallest absolute Gasteiger partial charge is 0.231 e. The van der Waals surface area contributed by atoms with Gasteiger partial charge in [0.05, 0.1) is 17.9 Å². The molecular weight excluding hydrogens is 330 g/mol. The summed E-state index contributed by atoms with van der Waals surface area (Å²) in [4.78, 5) is 14.2. The highest BCUT2D eigenvalue weighted by molar-refractivity contribution is 7.10. The van der Waals surface area contributed by atoms with Crippen LogP contribution in [0.25, 0.3) is 11.1 Å². The van der Waals surface area contributed by atoms with E-state index in [1.165, 1.54) is 4.88 Å². The molecule has 4 heteroatoms. The second kappa shape index (κ2) is 6.89. The summed E-state index contributed by atoms with van der Waals surface area (Å²) in [5, 5.41) is 5.24. The molecule has 2 heterocycles. The van der Waals surface area contributed by atoms with Crippen LogP contribution in [0.3, 0.4) is 0 Å².